The Bertz CT molecular complexity index is 573. The first-order valence-electron chi connectivity index (χ1n) is 6.06. The van der Waals surface area contributed by atoms with Crippen molar-refractivity contribution in [3.63, 3.8) is 0 Å². The number of nitrogens with zero attached hydrogens (tertiary/aromatic N) is 1. The lowest BCUT2D eigenvalue weighted by Gasteiger charge is -2.36. The molecule has 2 heterocycles. The van der Waals surface area contributed by atoms with Crippen molar-refractivity contribution in [2.75, 3.05) is 34.8 Å². The molecule has 6 heteroatoms. The molecule has 0 bridgehead atoms. The topological polar surface area (TPSA) is 49.4 Å². The molecule has 2 aliphatic rings. The lowest BCUT2D eigenvalue weighted by Crippen LogP contribution is -2.48. The van der Waals surface area contributed by atoms with E-state index in [2.05, 4.69) is 10.2 Å². The molecule has 1 aromatic carbocycles. The normalized spacial score (nSPS) is 25.6. The van der Waals surface area contributed by atoms with Crippen LogP contribution in [0.25, 0.3) is 0 Å². The van der Waals surface area contributed by atoms with Crippen LogP contribution in [-0.4, -0.2) is 39.1 Å². The van der Waals surface area contributed by atoms with Crippen LogP contribution in [0, 0.1) is 5.82 Å². The van der Waals surface area contributed by atoms with E-state index >= 15 is 0 Å². The number of benzene rings is 1. The maximum Gasteiger partial charge on any atom is 0.154 e. The molecule has 1 N–H and O–H groups in total. The minimum Gasteiger partial charge on any atom is -0.383 e. The highest BCUT2D eigenvalue weighted by Crippen LogP contribution is 2.33. The van der Waals surface area contributed by atoms with E-state index in [-0.39, 0.29) is 23.4 Å². The van der Waals surface area contributed by atoms with Crippen LogP contribution in [-0.2, 0) is 9.84 Å². The summed E-state index contributed by atoms with van der Waals surface area (Å²) in [5.41, 5.74) is 1.67. The Morgan fingerprint density at radius 1 is 1.39 bits per heavy atom. The molecule has 1 unspecified atom stereocenters. The van der Waals surface area contributed by atoms with Gasteiger partial charge >= 0.3 is 0 Å². The Hall–Kier alpha value is -1.30. The highest BCUT2D eigenvalue weighted by molar-refractivity contribution is 7.91. The average Bonchev–Trinajstić information content (AvgIpc) is 2.45. The Balaban J connectivity index is 2.00. The van der Waals surface area contributed by atoms with Crippen LogP contribution in [0.15, 0.2) is 18.2 Å². The van der Waals surface area contributed by atoms with Gasteiger partial charge in [-0.05, 0) is 24.6 Å². The Labute approximate surface area is 106 Å². The first-order chi connectivity index (χ1) is 8.55. The number of fused-ring (bicyclic) bond motifs is 3. The second-order valence-electron chi connectivity index (χ2n) is 4.84. The highest BCUT2D eigenvalue weighted by Gasteiger charge is 2.33. The van der Waals surface area contributed by atoms with Gasteiger partial charge in [0.2, 0.25) is 0 Å². The molecule has 1 fully saturated rings. The third-order valence-corrected chi connectivity index (χ3v) is 5.29. The fourth-order valence-corrected chi connectivity index (χ4v) is 4.29. The number of hydrogen-bond acceptors (Lipinski definition) is 4. The molecule has 0 amide bonds. The van der Waals surface area contributed by atoms with Gasteiger partial charge in [-0.1, -0.05) is 0 Å². The van der Waals surface area contributed by atoms with Crippen LogP contribution >= 0.6 is 0 Å². The lowest BCUT2D eigenvalue weighted by atomic mass is 10.2. The van der Waals surface area contributed by atoms with Crippen molar-refractivity contribution in [1.82, 2.24) is 0 Å². The average molecular weight is 270 g/mol. The molecular weight excluding hydrogens is 255 g/mol. The Morgan fingerprint density at radius 2 is 2.22 bits per heavy atom. The van der Waals surface area contributed by atoms with Crippen LogP contribution in [0.5, 0.6) is 0 Å². The van der Waals surface area contributed by atoms with Crippen molar-refractivity contribution in [2.45, 2.75) is 12.5 Å². The molecule has 18 heavy (non-hydrogen) atoms. The predicted molar refractivity (Wildman–Crippen MR) is 69.3 cm³/mol. The van der Waals surface area contributed by atoms with Crippen LogP contribution in [0.1, 0.15) is 6.42 Å². The zero-order chi connectivity index (χ0) is 12.8. The van der Waals surface area contributed by atoms with E-state index in [1.807, 2.05) is 0 Å². The number of anilines is 2. The summed E-state index contributed by atoms with van der Waals surface area (Å²) in [4.78, 5) is 2.09. The van der Waals surface area contributed by atoms with Gasteiger partial charge in [0.25, 0.3) is 0 Å². The van der Waals surface area contributed by atoms with Crippen molar-refractivity contribution < 1.29 is 12.8 Å². The number of sulfone groups is 1. The zero-order valence-corrected chi connectivity index (χ0v) is 10.7. The van der Waals surface area contributed by atoms with Gasteiger partial charge in [0.05, 0.1) is 22.9 Å². The first-order valence-corrected chi connectivity index (χ1v) is 7.88. The van der Waals surface area contributed by atoms with Gasteiger partial charge in [-0.25, -0.2) is 12.8 Å². The van der Waals surface area contributed by atoms with Gasteiger partial charge in [0.1, 0.15) is 5.82 Å². The monoisotopic (exact) mass is 270 g/mol. The molecule has 3 rings (SSSR count). The molecule has 2 aliphatic heterocycles. The second-order valence-corrected chi connectivity index (χ2v) is 7.07. The van der Waals surface area contributed by atoms with Crippen LogP contribution in [0.3, 0.4) is 0 Å². The van der Waals surface area contributed by atoms with Crippen molar-refractivity contribution >= 4 is 21.2 Å². The fraction of sp³-hybridized carbons (Fsp3) is 0.500. The summed E-state index contributed by atoms with van der Waals surface area (Å²) in [5.74, 6) is 0.107. The van der Waals surface area contributed by atoms with Gasteiger partial charge in [-0.15, -0.1) is 0 Å². The van der Waals surface area contributed by atoms with Gasteiger partial charge in [0, 0.05) is 19.1 Å². The van der Waals surface area contributed by atoms with Gasteiger partial charge < -0.3 is 10.2 Å². The quantitative estimate of drug-likeness (QED) is 0.770. The first kappa shape index (κ1) is 11.8. The molecule has 0 aliphatic carbocycles. The molecule has 4 nitrogen and oxygen atoms in total. The maximum atomic E-state index is 13.2. The molecule has 98 valence electrons. The summed E-state index contributed by atoms with van der Waals surface area (Å²) in [6.07, 6.45) is 0.759. The smallest absolute Gasteiger partial charge is 0.154 e. The van der Waals surface area contributed by atoms with Gasteiger partial charge in [0.15, 0.2) is 9.84 Å². The number of rotatable bonds is 0. The molecule has 1 saturated heterocycles. The van der Waals surface area contributed by atoms with E-state index in [1.165, 1.54) is 12.1 Å². The molecular formula is C12H15FN2O2S. The molecule has 0 radical (unpaired) electrons. The third-order valence-electron chi connectivity index (χ3n) is 3.59. The van der Waals surface area contributed by atoms with Crippen LogP contribution < -0.4 is 10.2 Å². The largest absolute Gasteiger partial charge is 0.383 e. The Kier molecular flexibility index (Phi) is 2.69. The SMILES string of the molecule is O=S1(=O)CCN2c3ccc(F)cc3NCCC2C1. The summed E-state index contributed by atoms with van der Waals surface area (Å²) >= 11 is 0. The van der Waals surface area contributed by atoms with Crippen molar-refractivity contribution in [1.29, 1.82) is 0 Å². The van der Waals surface area contributed by atoms with E-state index in [0.717, 1.165) is 17.8 Å². The minimum absolute atomic E-state index is 0.00274. The molecule has 1 atom stereocenters. The molecule has 0 saturated carbocycles. The van der Waals surface area contributed by atoms with Crippen LogP contribution in [0.4, 0.5) is 15.8 Å². The summed E-state index contributed by atoms with van der Waals surface area (Å²) in [5, 5.41) is 3.17. The predicted octanol–water partition coefficient (Wildman–Crippen LogP) is 1.24. The number of hydrogen-bond donors (Lipinski definition) is 1. The second kappa shape index (κ2) is 4.12. The zero-order valence-electron chi connectivity index (χ0n) is 9.89. The van der Waals surface area contributed by atoms with Gasteiger partial charge in [-0.2, -0.15) is 0 Å². The summed E-state index contributed by atoms with van der Waals surface area (Å²) in [7, 11) is -2.92. The molecule has 0 spiro atoms. The van der Waals surface area contributed by atoms with Crippen molar-refractivity contribution in [3.8, 4) is 0 Å². The van der Waals surface area contributed by atoms with E-state index in [9.17, 15) is 12.8 Å². The summed E-state index contributed by atoms with van der Waals surface area (Å²) < 4.78 is 36.6. The summed E-state index contributed by atoms with van der Waals surface area (Å²) in [6, 6.07) is 4.63. The van der Waals surface area contributed by atoms with Gasteiger partial charge in [-0.3, -0.25) is 0 Å². The third kappa shape index (κ3) is 2.05. The van der Waals surface area contributed by atoms with E-state index in [4.69, 9.17) is 0 Å². The van der Waals surface area contributed by atoms with E-state index in [1.54, 1.807) is 6.07 Å². The number of nitrogens with one attached hydrogen (secondary N) is 1. The summed E-state index contributed by atoms with van der Waals surface area (Å²) in [6.45, 7) is 1.17. The minimum atomic E-state index is -2.92. The van der Waals surface area contributed by atoms with Crippen LogP contribution in [0.2, 0.25) is 0 Å². The Morgan fingerprint density at radius 3 is 3.06 bits per heavy atom. The highest BCUT2D eigenvalue weighted by atomic mass is 32.2. The molecule has 0 aromatic heterocycles. The van der Waals surface area contributed by atoms with Crippen molar-refractivity contribution in [2.24, 2.45) is 0 Å². The maximum absolute atomic E-state index is 13.2. The number of halogens is 1. The lowest BCUT2D eigenvalue weighted by molar-refractivity contribution is 0.549. The molecule has 1 aromatic rings. The van der Waals surface area contributed by atoms with E-state index in [0.29, 0.717) is 13.1 Å². The van der Waals surface area contributed by atoms with Crippen molar-refractivity contribution in [3.05, 3.63) is 24.0 Å². The fourth-order valence-electron chi connectivity index (χ4n) is 2.72. The van der Waals surface area contributed by atoms with E-state index < -0.39 is 9.84 Å². The standard InChI is InChI=1S/C12H15FN2O2S/c13-9-1-2-12-11(7-9)14-4-3-10-8-18(16,17)6-5-15(10)12/h1-2,7,10,14H,3-6,8H2.